The van der Waals surface area contributed by atoms with E-state index in [1.54, 1.807) is 0 Å². The van der Waals surface area contributed by atoms with Crippen LogP contribution in [0, 0.1) is 20.8 Å². The highest BCUT2D eigenvalue weighted by Crippen LogP contribution is 2.30. The number of benzene rings is 2. The summed E-state index contributed by atoms with van der Waals surface area (Å²) < 4.78 is 6.04. The van der Waals surface area contributed by atoms with E-state index >= 15 is 0 Å². The Kier molecular flexibility index (Phi) is 6.24. The molecule has 7 heteroatoms. The van der Waals surface area contributed by atoms with Crippen LogP contribution in [-0.2, 0) is 6.61 Å². The van der Waals surface area contributed by atoms with Gasteiger partial charge in [-0.1, -0.05) is 48.5 Å². The molecule has 0 spiro atoms. The van der Waals surface area contributed by atoms with Gasteiger partial charge in [-0.2, -0.15) is 0 Å². The maximum absolute atomic E-state index is 6.04. The van der Waals surface area contributed by atoms with Crippen molar-refractivity contribution in [3.05, 3.63) is 77.1 Å². The molecule has 2 aromatic heterocycles. The van der Waals surface area contributed by atoms with E-state index in [1.807, 2.05) is 45.0 Å². The molecule has 2 heterocycles. The monoisotopic (exact) mass is 407 g/mol. The highest BCUT2D eigenvalue weighted by Gasteiger charge is 2.10. The van der Waals surface area contributed by atoms with E-state index < -0.39 is 0 Å². The number of aromatic amines is 1. The van der Waals surface area contributed by atoms with Gasteiger partial charge in [-0.25, -0.2) is 5.10 Å². The lowest BCUT2D eigenvalue weighted by Crippen LogP contribution is -2.00. The maximum atomic E-state index is 6.04. The third-order valence-corrected chi connectivity index (χ3v) is 4.78. The number of aromatic nitrogens is 5. The number of nitrogens with one attached hydrogen (secondary N) is 1. The number of H-pyrrole nitrogens is 1. The third kappa shape index (κ3) is 4.43. The predicted molar refractivity (Wildman–Crippen MR) is 115 cm³/mol. The van der Waals surface area contributed by atoms with E-state index in [2.05, 4.69) is 55.9 Å². The predicted octanol–water partition coefficient (Wildman–Crippen LogP) is 4.85. The van der Waals surface area contributed by atoms with E-state index in [0.29, 0.717) is 12.4 Å². The highest BCUT2D eigenvalue weighted by atomic mass is 35.5. The standard InChI is InChI=1S/C22H21N5O.ClH/c1-14-12-21(15(2)16(3)23-14)28-13-17-8-10-18(11-9-17)19-6-4-5-7-20(19)22-24-26-27-25-22;/h4-12H,13H2,1-3H3,(H,24,25,26,27);1H. The first-order chi connectivity index (χ1) is 13.6. The van der Waals surface area contributed by atoms with Crippen molar-refractivity contribution in [2.45, 2.75) is 27.4 Å². The average Bonchev–Trinajstić information content (AvgIpc) is 3.25. The van der Waals surface area contributed by atoms with Gasteiger partial charge in [-0.05, 0) is 47.9 Å². The molecule has 0 atom stereocenters. The van der Waals surface area contributed by atoms with Gasteiger partial charge in [0.2, 0.25) is 0 Å². The number of rotatable bonds is 5. The molecule has 0 bridgehead atoms. The Morgan fingerprint density at radius 3 is 2.34 bits per heavy atom. The highest BCUT2D eigenvalue weighted by molar-refractivity contribution is 5.85. The number of halogens is 1. The normalized spacial score (nSPS) is 10.4. The van der Waals surface area contributed by atoms with E-state index in [-0.39, 0.29) is 12.4 Å². The van der Waals surface area contributed by atoms with Gasteiger partial charge in [-0.15, -0.1) is 17.5 Å². The zero-order chi connectivity index (χ0) is 19.5. The molecule has 0 aliphatic heterocycles. The molecular formula is C22H22ClN5O. The van der Waals surface area contributed by atoms with Crippen molar-refractivity contribution in [3.8, 4) is 28.3 Å². The summed E-state index contributed by atoms with van der Waals surface area (Å²) >= 11 is 0. The van der Waals surface area contributed by atoms with Gasteiger partial charge in [0.15, 0.2) is 5.82 Å². The van der Waals surface area contributed by atoms with Crippen molar-refractivity contribution < 1.29 is 4.74 Å². The minimum absolute atomic E-state index is 0. The fourth-order valence-electron chi connectivity index (χ4n) is 3.16. The number of hydrogen-bond donors (Lipinski definition) is 1. The lowest BCUT2D eigenvalue weighted by atomic mass is 9.98. The molecule has 29 heavy (non-hydrogen) atoms. The molecule has 4 rings (SSSR count). The van der Waals surface area contributed by atoms with Gasteiger partial charge in [0.05, 0.1) is 0 Å². The fourth-order valence-corrected chi connectivity index (χ4v) is 3.16. The molecule has 0 amide bonds. The van der Waals surface area contributed by atoms with Crippen LogP contribution in [0.25, 0.3) is 22.5 Å². The van der Waals surface area contributed by atoms with E-state index in [4.69, 9.17) is 4.74 Å². The minimum atomic E-state index is 0. The largest absolute Gasteiger partial charge is 0.488 e. The van der Waals surface area contributed by atoms with Crippen molar-refractivity contribution in [1.29, 1.82) is 0 Å². The van der Waals surface area contributed by atoms with Gasteiger partial charge >= 0.3 is 0 Å². The van der Waals surface area contributed by atoms with Crippen molar-refractivity contribution in [1.82, 2.24) is 25.6 Å². The quantitative estimate of drug-likeness (QED) is 0.511. The molecule has 0 saturated carbocycles. The Balaban J connectivity index is 0.00000240. The Labute approximate surface area is 175 Å². The molecule has 2 aromatic carbocycles. The van der Waals surface area contributed by atoms with Gasteiger partial charge in [0.25, 0.3) is 0 Å². The molecule has 0 unspecified atom stereocenters. The molecule has 0 aliphatic carbocycles. The summed E-state index contributed by atoms with van der Waals surface area (Å²) in [6.45, 7) is 6.54. The van der Waals surface area contributed by atoms with E-state index in [0.717, 1.165) is 45.0 Å². The van der Waals surface area contributed by atoms with Crippen LogP contribution in [0.2, 0.25) is 0 Å². The summed E-state index contributed by atoms with van der Waals surface area (Å²) in [5.74, 6) is 1.54. The smallest absolute Gasteiger partial charge is 0.180 e. The van der Waals surface area contributed by atoms with E-state index in [1.165, 1.54) is 0 Å². The summed E-state index contributed by atoms with van der Waals surface area (Å²) in [4.78, 5) is 4.47. The van der Waals surface area contributed by atoms with Crippen LogP contribution >= 0.6 is 12.4 Å². The number of tetrazole rings is 1. The number of nitrogens with zero attached hydrogens (tertiary/aromatic N) is 4. The molecule has 6 nitrogen and oxygen atoms in total. The summed E-state index contributed by atoms with van der Waals surface area (Å²) in [6, 6.07) is 18.4. The second kappa shape index (κ2) is 8.84. The van der Waals surface area contributed by atoms with Crippen LogP contribution < -0.4 is 4.74 Å². The van der Waals surface area contributed by atoms with Crippen molar-refractivity contribution in [3.63, 3.8) is 0 Å². The molecule has 0 fully saturated rings. The van der Waals surface area contributed by atoms with Crippen LogP contribution in [0.3, 0.4) is 0 Å². The van der Waals surface area contributed by atoms with Gasteiger partial charge in [-0.3, -0.25) is 4.98 Å². The summed E-state index contributed by atoms with van der Waals surface area (Å²) in [6.07, 6.45) is 0. The number of hydrogen-bond acceptors (Lipinski definition) is 5. The first-order valence-electron chi connectivity index (χ1n) is 9.12. The zero-order valence-corrected chi connectivity index (χ0v) is 17.3. The number of ether oxygens (including phenoxy) is 1. The van der Waals surface area contributed by atoms with Crippen molar-refractivity contribution in [2.24, 2.45) is 0 Å². The Hall–Kier alpha value is -3.25. The second-order valence-electron chi connectivity index (χ2n) is 6.75. The fraction of sp³-hybridized carbons (Fsp3) is 0.182. The maximum Gasteiger partial charge on any atom is 0.180 e. The van der Waals surface area contributed by atoms with Gasteiger partial charge < -0.3 is 4.74 Å². The summed E-state index contributed by atoms with van der Waals surface area (Å²) in [5.41, 5.74) is 7.30. The first-order valence-corrected chi connectivity index (χ1v) is 9.12. The SMILES string of the molecule is Cc1cc(OCc2ccc(-c3ccccc3-c3nnn[nH]3)cc2)c(C)c(C)n1.Cl. The molecule has 0 saturated heterocycles. The Morgan fingerprint density at radius 1 is 0.931 bits per heavy atom. The van der Waals surface area contributed by atoms with Crippen LogP contribution in [0.15, 0.2) is 54.6 Å². The Morgan fingerprint density at radius 2 is 1.66 bits per heavy atom. The molecule has 1 N–H and O–H groups in total. The minimum Gasteiger partial charge on any atom is -0.488 e. The van der Waals surface area contributed by atoms with Crippen LogP contribution in [-0.4, -0.2) is 25.6 Å². The summed E-state index contributed by atoms with van der Waals surface area (Å²) in [5, 5.41) is 14.2. The van der Waals surface area contributed by atoms with Crippen LogP contribution in [0.5, 0.6) is 5.75 Å². The molecule has 148 valence electrons. The van der Waals surface area contributed by atoms with Gasteiger partial charge in [0.1, 0.15) is 12.4 Å². The molecular weight excluding hydrogens is 386 g/mol. The molecule has 4 aromatic rings. The van der Waals surface area contributed by atoms with E-state index in [9.17, 15) is 0 Å². The molecule has 0 radical (unpaired) electrons. The number of aryl methyl sites for hydroxylation is 2. The lowest BCUT2D eigenvalue weighted by molar-refractivity contribution is 0.303. The van der Waals surface area contributed by atoms with Crippen molar-refractivity contribution >= 4 is 12.4 Å². The van der Waals surface area contributed by atoms with Gasteiger partial charge in [0, 0.05) is 28.6 Å². The summed E-state index contributed by atoms with van der Waals surface area (Å²) in [7, 11) is 0. The third-order valence-electron chi connectivity index (χ3n) is 4.78. The average molecular weight is 408 g/mol. The zero-order valence-electron chi connectivity index (χ0n) is 16.5. The lowest BCUT2D eigenvalue weighted by Gasteiger charge is -2.12. The first kappa shape index (κ1) is 20.5. The van der Waals surface area contributed by atoms with Crippen LogP contribution in [0.4, 0.5) is 0 Å². The molecule has 0 aliphatic rings. The number of pyridine rings is 1. The second-order valence-corrected chi connectivity index (χ2v) is 6.75. The van der Waals surface area contributed by atoms with Crippen LogP contribution in [0.1, 0.15) is 22.5 Å². The van der Waals surface area contributed by atoms with Crippen molar-refractivity contribution in [2.75, 3.05) is 0 Å². The Bertz CT molecular complexity index is 1090. The topological polar surface area (TPSA) is 76.6 Å².